The van der Waals surface area contributed by atoms with Crippen LogP contribution < -0.4 is 0 Å². The maximum atomic E-state index is 6.15. The maximum Gasteiger partial charge on any atom is 0.0686 e. The SMILES string of the molecule is Clc1cc(Cl)c(-c2c(Cl)ccc(Cl)c2Cl)c(Cl)c1. The van der Waals surface area contributed by atoms with Gasteiger partial charge in [-0.2, -0.15) is 0 Å². The van der Waals surface area contributed by atoms with Crippen molar-refractivity contribution in [2.45, 2.75) is 0 Å². The Labute approximate surface area is 134 Å². The first-order chi connectivity index (χ1) is 8.41. The van der Waals surface area contributed by atoms with Crippen LogP contribution in [-0.2, 0) is 0 Å². The van der Waals surface area contributed by atoms with Crippen molar-refractivity contribution in [3.05, 3.63) is 54.4 Å². The van der Waals surface area contributed by atoms with Crippen LogP contribution in [0.15, 0.2) is 24.3 Å². The number of hydrogen-bond acceptors (Lipinski definition) is 0. The van der Waals surface area contributed by atoms with E-state index in [-0.39, 0.29) is 0 Å². The molecule has 2 aromatic carbocycles. The van der Waals surface area contributed by atoms with E-state index >= 15 is 0 Å². The molecule has 6 heteroatoms. The molecule has 2 aromatic rings. The standard InChI is InChI=1S/C12H4Cl6/c13-5-3-8(16)10(9(17)4-5)11-6(14)1-2-7(15)12(11)18/h1-4H. The van der Waals surface area contributed by atoms with Crippen molar-refractivity contribution in [2.75, 3.05) is 0 Å². The Morgan fingerprint density at radius 2 is 1.06 bits per heavy atom. The van der Waals surface area contributed by atoms with Crippen LogP contribution in [0, 0.1) is 0 Å². The molecular weight excluding hydrogens is 357 g/mol. The number of rotatable bonds is 1. The molecule has 0 aliphatic rings. The van der Waals surface area contributed by atoms with Crippen molar-refractivity contribution >= 4 is 69.6 Å². The summed E-state index contributed by atoms with van der Waals surface area (Å²) in [6.07, 6.45) is 0. The Kier molecular flexibility index (Phi) is 4.59. The van der Waals surface area contributed by atoms with Gasteiger partial charge in [-0.3, -0.25) is 0 Å². The van der Waals surface area contributed by atoms with Crippen LogP contribution in [0.25, 0.3) is 11.1 Å². The van der Waals surface area contributed by atoms with Gasteiger partial charge in [-0.1, -0.05) is 69.6 Å². The van der Waals surface area contributed by atoms with Crippen LogP contribution >= 0.6 is 69.6 Å². The quantitative estimate of drug-likeness (QED) is 0.469. The lowest BCUT2D eigenvalue weighted by atomic mass is 10.1. The molecular formula is C12H4Cl6. The summed E-state index contributed by atoms with van der Waals surface area (Å²) in [5, 5.41) is 2.24. The highest BCUT2D eigenvalue weighted by atomic mass is 35.5. The molecule has 0 saturated carbocycles. The molecule has 0 aliphatic heterocycles. The highest BCUT2D eigenvalue weighted by molar-refractivity contribution is 6.48. The largest absolute Gasteiger partial charge is 0.0842 e. The molecule has 18 heavy (non-hydrogen) atoms. The Morgan fingerprint density at radius 1 is 0.556 bits per heavy atom. The third-order valence-corrected chi connectivity index (χ3v) is 4.23. The van der Waals surface area contributed by atoms with Gasteiger partial charge in [0, 0.05) is 16.1 Å². The molecule has 0 bridgehead atoms. The molecule has 0 aliphatic carbocycles. The fourth-order valence-corrected chi connectivity index (χ4v) is 3.26. The third kappa shape index (κ3) is 2.70. The van der Waals surface area contributed by atoms with Gasteiger partial charge in [0.15, 0.2) is 0 Å². The molecule has 0 spiro atoms. The van der Waals surface area contributed by atoms with Crippen molar-refractivity contribution in [3.8, 4) is 11.1 Å². The minimum atomic E-state index is 0.301. The average Bonchev–Trinajstić information content (AvgIpc) is 2.27. The third-order valence-electron chi connectivity index (χ3n) is 2.30. The zero-order valence-corrected chi connectivity index (χ0v) is 13.1. The fourth-order valence-electron chi connectivity index (χ4n) is 1.54. The van der Waals surface area contributed by atoms with E-state index in [1.165, 1.54) is 0 Å². The molecule has 0 heterocycles. The van der Waals surface area contributed by atoms with E-state index in [0.29, 0.717) is 41.3 Å². The lowest BCUT2D eigenvalue weighted by Crippen LogP contribution is -1.86. The number of benzene rings is 2. The van der Waals surface area contributed by atoms with Crippen molar-refractivity contribution in [1.82, 2.24) is 0 Å². The summed E-state index contributed by atoms with van der Waals surface area (Å²) in [4.78, 5) is 0. The Hall–Kier alpha value is 0.180. The normalized spacial score (nSPS) is 10.8. The van der Waals surface area contributed by atoms with Crippen LogP contribution in [-0.4, -0.2) is 0 Å². The van der Waals surface area contributed by atoms with E-state index in [9.17, 15) is 0 Å². The lowest BCUT2D eigenvalue weighted by molar-refractivity contribution is 1.61. The van der Waals surface area contributed by atoms with Gasteiger partial charge in [-0.15, -0.1) is 0 Å². The predicted molar refractivity (Wildman–Crippen MR) is 81.9 cm³/mol. The van der Waals surface area contributed by atoms with Gasteiger partial charge >= 0.3 is 0 Å². The van der Waals surface area contributed by atoms with E-state index in [4.69, 9.17) is 69.6 Å². The zero-order valence-electron chi connectivity index (χ0n) is 8.58. The smallest absolute Gasteiger partial charge is 0.0686 e. The van der Waals surface area contributed by atoms with Crippen molar-refractivity contribution in [2.24, 2.45) is 0 Å². The molecule has 94 valence electrons. The van der Waals surface area contributed by atoms with E-state index < -0.39 is 0 Å². The first kappa shape index (κ1) is 14.6. The van der Waals surface area contributed by atoms with Gasteiger partial charge < -0.3 is 0 Å². The molecule has 0 atom stereocenters. The van der Waals surface area contributed by atoms with E-state index in [0.717, 1.165) is 0 Å². The van der Waals surface area contributed by atoms with Crippen LogP contribution in [0.5, 0.6) is 0 Å². The summed E-state index contributed by atoms with van der Waals surface area (Å²) >= 11 is 36.4. The second kappa shape index (κ2) is 5.66. The molecule has 2 rings (SSSR count). The van der Waals surface area contributed by atoms with Crippen molar-refractivity contribution in [3.63, 3.8) is 0 Å². The summed E-state index contributed by atoms with van der Waals surface area (Å²) in [5.41, 5.74) is 1.01. The van der Waals surface area contributed by atoms with E-state index in [2.05, 4.69) is 0 Å². The number of halogens is 6. The molecule has 0 N–H and O–H groups in total. The van der Waals surface area contributed by atoms with Gasteiger partial charge in [0.2, 0.25) is 0 Å². The van der Waals surface area contributed by atoms with Crippen LogP contribution in [0.4, 0.5) is 0 Å². The predicted octanol–water partition coefficient (Wildman–Crippen LogP) is 7.27. The molecule has 0 aromatic heterocycles. The summed E-state index contributed by atoms with van der Waals surface area (Å²) < 4.78 is 0. The molecule has 0 fully saturated rings. The molecule has 0 saturated heterocycles. The molecule has 0 amide bonds. The van der Waals surface area contributed by atoms with Gasteiger partial charge in [-0.05, 0) is 24.3 Å². The fraction of sp³-hybridized carbons (Fsp3) is 0. The zero-order chi connectivity index (χ0) is 13.4. The molecule has 0 unspecified atom stereocenters. The van der Waals surface area contributed by atoms with E-state index in [1.54, 1.807) is 24.3 Å². The van der Waals surface area contributed by atoms with Crippen molar-refractivity contribution in [1.29, 1.82) is 0 Å². The first-order valence-electron chi connectivity index (χ1n) is 4.70. The Bertz CT molecular complexity index is 597. The van der Waals surface area contributed by atoms with Gasteiger partial charge in [0.1, 0.15) is 0 Å². The maximum absolute atomic E-state index is 6.15. The highest BCUT2D eigenvalue weighted by Crippen LogP contribution is 2.45. The summed E-state index contributed by atoms with van der Waals surface area (Å²) in [5.74, 6) is 0. The highest BCUT2D eigenvalue weighted by Gasteiger charge is 2.18. The van der Waals surface area contributed by atoms with Crippen LogP contribution in [0.3, 0.4) is 0 Å². The summed E-state index contributed by atoms with van der Waals surface area (Å²) in [7, 11) is 0. The minimum absolute atomic E-state index is 0.301. The van der Waals surface area contributed by atoms with Gasteiger partial charge in [0.25, 0.3) is 0 Å². The first-order valence-corrected chi connectivity index (χ1v) is 6.97. The minimum Gasteiger partial charge on any atom is -0.0842 e. The van der Waals surface area contributed by atoms with Crippen LogP contribution in [0.1, 0.15) is 0 Å². The van der Waals surface area contributed by atoms with Crippen LogP contribution in [0.2, 0.25) is 30.1 Å². The second-order valence-electron chi connectivity index (χ2n) is 3.46. The second-order valence-corrected chi connectivity index (χ2v) is 5.91. The van der Waals surface area contributed by atoms with E-state index in [1.807, 2.05) is 0 Å². The van der Waals surface area contributed by atoms with Gasteiger partial charge in [-0.25, -0.2) is 0 Å². The Balaban J connectivity index is 2.81. The van der Waals surface area contributed by atoms with Crippen molar-refractivity contribution < 1.29 is 0 Å². The average molecular weight is 361 g/mol. The lowest BCUT2D eigenvalue weighted by Gasteiger charge is -2.12. The summed E-state index contributed by atoms with van der Waals surface area (Å²) in [6.45, 7) is 0. The monoisotopic (exact) mass is 358 g/mol. The number of hydrogen-bond donors (Lipinski definition) is 0. The topological polar surface area (TPSA) is 0 Å². The summed E-state index contributed by atoms with van der Waals surface area (Å²) in [6, 6.07) is 6.37. The Morgan fingerprint density at radius 3 is 1.61 bits per heavy atom. The molecule has 0 nitrogen and oxygen atoms in total. The van der Waals surface area contributed by atoms with Gasteiger partial charge in [0.05, 0.1) is 25.1 Å². The molecule has 0 radical (unpaired) electrons.